The molecule has 0 saturated carbocycles. The number of rotatable bonds is 6. The van der Waals surface area contributed by atoms with Crippen molar-refractivity contribution < 1.29 is 19.2 Å². The third-order valence-electron chi connectivity index (χ3n) is 4.37. The molecule has 2 aromatic rings. The average molecular weight is 366 g/mol. The van der Waals surface area contributed by atoms with Crippen molar-refractivity contribution in [3.63, 3.8) is 0 Å². The van der Waals surface area contributed by atoms with Gasteiger partial charge in [-0.2, -0.15) is 0 Å². The molecule has 7 nitrogen and oxygen atoms in total. The zero-order valence-electron chi connectivity index (χ0n) is 14.5. The van der Waals surface area contributed by atoms with Crippen LogP contribution in [0.3, 0.4) is 0 Å². The quantitative estimate of drug-likeness (QED) is 0.445. The summed E-state index contributed by atoms with van der Waals surface area (Å²) in [5.41, 5.74) is 2.18. The predicted octanol–water partition coefficient (Wildman–Crippen LogP) is 3.10. The topological polar surface area (TPSA) is 89.8 Å². The first-order chi connectivity index (χ1) is 13.1. The van der Waals surface area contributed by atoms with E-state index >= 15 is 0 Å². The molecule has 0 saturated heterocycles. The maximum absolute atomic E-state index is 12.4. The number of hydrogen-bond donors (Lipinski definition) is 0. The van der Waals surface area contributed by atoms with Gasteiger partial charge in [-0.25, -0.2) is 0 Å². The molecule has 0 radical (unpaired) electrons. The second kappa shape index (κ2) is 8.27. The lowest BCUT2D eigenvalue weighted by molar-refractivity contribution is -0.385. The van der Waals surface area contributed by atoms with Gasteiger partial charge in [0.1, 0.15) is 6.29 Å². The third kappa shape index (κ3) is 4.38. The average Bonchev–Trinajstić information content (AvgIpc) is 2.72. The molecule has 1 aliphatic rings. The molecule has 0 spiro atoms. The van der Waals surface area contributed by atoms with Gasteiger partial charge < -0.3 is 9.64 Å². The van der Waals surface area contributed by atoms with Crippen LogP contribution in [-0.2, 0) is 4.79 Å². The van der Waals surface area contributed by atoms with Crippen LogP contribution in [0.15, 0.2) is 54.6 Å². The first kappa shape index (κ1) is 18.3. The number of aldehydes is 1. The predicted molar refractivity (Wildman–Crippen MR) is 99.6 cm³/mol. The lowest BCUT2D eigenvalue weighted by Gasteiger charge is -2.26. The molecule has 138 valence electrons. The lowest BCUT2D eigenvalue weighted by Crippen LogP contribution is -2.37. The number of nitro benzene ring substituents is 1. The summed E-state index contributed by atoms with van der Waals surface area (Å²) in [5, 5.41) is 11.1. The number of benzene rings is 2. The van der Waals surface area contributed by atoms with Gasteiger partial charge in [0.2, 0.25) is 0 Å². The van der Waals surface area contributed by atoms with Crippen molar-refractivity contribution >= 4 is 23.5 Å². The molecular formula is C20H18N2O5. The van der Waals surface area contributed by atoms with Crippen LogP contribution in [0, 0.1) is 10.1 Å². The Bertz CT molecular complexity index is 893. The number of ether oxygens (including phenoxy) is 1. The number of hydrogen-bond acceptors (Lipinski definition) is 5. The Labute approximate surface area is 156 Å². The van der Waals surface area contributed by atoms with E-state index in [1.807, 2.05) is 36.4 Å². The standard InChI is InChI=1S/C20H18N2O5/c23-13-15-6-7-19(18(12-15)22(25)26)27-14-20(24)21-10-8-17(9-11-21)16-4-2-1-3-5-16/h1-8,12-13H,9-11,14H2. The van der Waals surface area contributed by atoms with Crippen LogP contribution in [0.25, 0.3) is 5.57 Å². The van der Waals surface area contributed by atoms with E-state index in [-0.39, 0.29) is 29.5 Å². The summed E-state index contributed by atoms with van der Waals surface area (Å²) >= 11 is 0. The van der Waals surface area contributed by atoms with E-state index in [0.29, 0.717) is 19.4 Å². The van der Waals surface area contributed by atoms with Gasteiger partial charge >= 0.3 is 5.69 Å². The van der Waals surface area contributed by atoms with Crippen molar-refractivity contribution in [2.45, 2.75) is 6.42 Å². The summed E-state index contributed by atoms with van der Waals surface area (Å²) in [6, 6.07) is 13.9. The fourth-order valence-corrected chi connectivity index (χ4v) is 2.91. The molecule has 0 aromatic heterocycles. The van der Waals surface area contributed by atoms with E-state index < -0.39 is 4.92 Å². The summed E-state index contributed by atoms with van der Waals surface area (Å²) in [6.07, 6.45) is 3.27. The first-order valence-electron chi connectivity index (χ1n) is 8.47. The number of nitro groups is 1. The maximum atomic E-state index is 12.4. The van der Waals surface area contributed by atoms with Crippen molar-refractivity contribution in [2.75, 3.05) is 19.7 Å². The summed E-state index contributed by atoms with van der Waals surface area (Å²) in [4.78, 5) is 35.3. The molecule has 1 heterocycles. The zero-order chi connectivity index (χ0) is 19.2. The molecule has 0 N–H and O–H groups in total. The Hall–Kier alpha value is -3.48. The molecule has 3 rings (SSSR count). The summed E-state index contributed by atoms with van der Waals surface area (Å²) < 4.78 is 5.35. The highest BCUT2D eigenvalue weighted by atomic mass is 16.6. The van der Waals surface area contributed by atoms with Gasteiger partial charge in [0, 0.05) is 24.7 Å². The number of amides is 1. The van der Waals surface area contributed by atoms with Crippen LogP contribution in [0.1, 0.15) is 22.3 Å². The van der Waals surface area contributed by atoms with Crippen molar-refractivity contribution in [3.8, 4) is 5.75 Å². The molecule has 0 aliphatic carbocycles. The van der Waals surface area contributed by atoms with E-state index in [1.54, 1.807) is 4.90 Å². The van der Waals surface area contributed by atoms with Gasteiger partial charge in [-0.1, -0.05) is 36.4 Å². The number of carbonyl (C=O) groups is 2. The number of carbonyl (C=O) groups excluding carboxylic acids is 2. The second-order valence-electron chi connectivity index (χ2n) is 6.08. The van der Waals surface area contributed by atoms with Crippen LogP contribution >= 0.6 is 0 Å². The Balaban J connectivity index is 1.62. The normalized spacial score (nSPS) is 13.6. The van der Waals surface area contributed by atoms with Crippen molar-refractivity contribution in [3.05, 3.63) is 75.8 Å². The zero-order valence-corrected chi connectivity index (χ0v) is 14.5. The van der Waals surface area contributed by atoms with Crippen molar-refractivity contribution in [1.82, 2.24) is 4.90 Å². The molecule has 1 amide bonds. The van der Waals surface area contributed by atoms with E-state index in [1.165, 1.54) is 17.7 Å². The van der Waals surface area contributed by atoms with Gasteiger partial charge in [-0.15, -0.1) is 0 Å². The molecule has 0 atom stereocenters. The largest absolute Gasteiger partial charge is 0.477 e. The minimum absolute atomic E-state index is 0.0310. The highest BCUT2D eigenvalue weighted by Crippen LogP contribution is 2.28. The first-order valence-corrected chi connectivity index (χ1v) is 8.47. The molecule has 1 aliphatic heterocycles. The highest BCUT2D eigenvalue weighted by molar-refractivity contribution is 5.80. The van der Waals surface area contributed by atoms with Crippen LogP contribution in [0.2, 0.25) is 0 Å². The summed E-state index contributed by atoms with van der Waals surface area (Å²) in [7, 11) is 0. The molecule has 0 fully saturated rings. The fourth-order valence-electron chi connectivity index (χ4n) is 2.91. The van der Waals surface area contributed by atoms with Crippen LogP contribution in [-0.4, -0.2) is 41.7 Å². The van der Waals surface area contributed by atoms with E-state index in [9.17, 15) is 19.7 Å². The van der Waals surface area contributed by atoms with Crippen LogP contribution < -0.4 is 4.74 Å². The van der Waals surface area contributed by atoms with Gasteiger partial charge in [0.05, 0.1) is 4.92 Å². The summed E-state index contributed by atoms with van der Waals surface area (Å²) in [6.45, 7) is 0.740. The van der Waals surface area contributed by atoms with E-state index in [0.717, 1.165) is 18.1 Å². The molecule has 2 aromatic carbocycles. The molecule has 0 bridgehead atoms. The number of nitrogens with zero attached hydrogens (tertiary/aromatic N) is 2. The molecule has 0 unspecified atom stereocenters. The fraction of sp³-hybridized carbons (Fsp3) is 0.200. The summed E-state index contributed by atoms with van der Waals surface area (Å²) in [5.74, 6) is -0.274. The van der Waals surface area contributed by atoms with Gasteiger partial charge in [0.25, 0.3) is 5.91 Å². The Kier molecular flexibility index (Phi) is 5.61. The minimum Gasteiger partial charge on any atom is -0.477 e. The van der Waals surface area contributed by atoms with Crippen molar-refractivity contribution in [2.24, 2.45) is 0 Å². The third-order valence-corrected chi connectivity index (χ3v) is 4.37. The Morgan fingerprint density at radius 3 is 2.63 bits per heavy atom. The lowest BCUT2D eigenvalue weighted by atomic mass is 10.00. The van der Waals surface area contributed by atoms with E-state index in [4.69, 9.17) is 4.74 Å². The van der Waals surface area contributed by atoms with Gasteiger partial charge in [-0.3, -0.25) is 19.7 Å². The smallest absolute Gasteiger partial charge is 0.311 e. The maximum Gasteiger partial charge on any atom is 0.311 e. The Morgan fingerprint density at radius 1 is 1.22 bits per heavy atom. The van der Waals surface area contributed by atoms with Crippen LogP contribution in [0.5, 0.6) is 5.75 Å². The Morgan fingerprint density at radius 2 is 2.00 bits per heavy atom. The van der Waals surface area contributed by atoms with Crippen LogP contribution in [0.4, 0.5) is 5.69 Å². The molecule has 27 heavy (non-hydrogen) atoms. The van der Waals surface area contributed by atoms with Gasteiger partial charge in [-0.05, 0) is 29.7 Å². The molecular weight excluding hydrogens is 348 g/mol. The minimum atomic E-state index is -0.636. The molecule has 7 heteroatoms. The highest BCUT2D eigenvalue weighted by Gasteiger charge is 2.21. The van der Waals surface area contributed by atoms with Crippen molar-refractivity contribution in [1.29, 1.82) is 0 Å². The monoisotopic (exact) mass is 366 g/mol. The van der Waals surface area contributed by atoms with E-state index in [2.05, 4.69) is 0 Å². The second-order valence-corrected chi connectivity index (χ2v) is 6.08. The van der Waals surface area contributed by atoms with Gasteiger partial charge in [0.15, 0.2) is 12.4 Å². The SMILES string of the molecule is O=Cc1ccc(OCC(=O)N2CC=C(c3ccccc3)CC2)c([N+](=O)[O-])c1.